The van der Waals surface area contributed by atoms with Gasteiger partial charge >= 0.3 is 0 Å². The molecule has 0 aliphatic carbocycles. The zero-order valence-electron chi connectivity index (χ0n) is 18.7. The summed E-state index contributed by atoms with van der Waals surface area (Å²) in [4.78, 5) is 23.1. The first-order valence-corrected chi connectivity index (χ1v) is 11.8. The van der Waals surface area contributed by atoms with Gasteiger partial charge in [-0.15, -0.1) is 10.2 Å². The Morgan fingerprint density at radius 1 is 1.15 bits per heavy atom. The fraction of sp³-hybridized carbons (Fsp3) is 0.208. The summed E-state index contributed by atoms with van der Waals surface area (Å²) in [6, 6.07) is 15.1. The molecule has 0 fully saturated rings. The fourth-order valence-corrected chi connectivity index (χ4v) is 4.12. The maximum Gasteiger partial charge on any atom is 0.259 e. The molecule has 1 aromatic carbocycles. The molecular weight excluding hydrogens is 472 g/mol. The monoisotopic (exact) mass is 494 g/mol. The molecule has 34 heavy (non-hydrogen) atoms. The van der Waals surface area contributed by atoms with Gasteiger partial charge < -0.3 is 9.64 Å². The molecule has 8 nitrogen and oxygen atoms in total. The lowest BCUT2D eigenvalue weighted by Crippen LogP contribution is -2.19. The fourth-order valence-electron chi connectivity index (χ4n) is 3.16. The van der Waals surface area contributed by atoms with Crippen LogP contribution in [0.15, 0.2) is 67.1 Å². The van der Waals surface area contributed by atoms with E-state index >= 15 is 0 Å². The van der Waals surface area contributed by atoms with Crippen LogP contribution < -0.4 is 10.1 Å². The molecular formula is C24H23ClN6O2S. The molecule has 3 heterocycles. The number of carbonyl (C=O) groups is 1. The number of anilines is 1. The average molecular weight is 495 g/mol. The highest BCUT2D eigenvalue weighted by molar-refractivity contribution is 7.18. The predicted octanol–water partition coefficient (Wildman–Crippen LogP) is 4.97. The molecule has 1 amide bonds. The highest BCUT2D eigenvalue weighted by atomic mass is 35.5. The van der Waals surface area contributed by atoms with E-state index in [1.807, 2.05) is 56.6 Å². The number of ether oxygens (including phenoxy) is 1. The topological polar surface area (TPSA) is 93.1 Å². The predicted molar refractivity (Wildman–Crippen MR) is 133 cm³/mol. The van der Waals surface area contributed by atoms with Gasteiger partial charge in [0.25, 0.3) is 5.91 Å². The largest absolute Gasteiger partial charge is 0.468 e. The van der Waals surface area contributed by atoms with Crippen molar-refractivity contribution in [2.24, 2.45) is 0 Å². The second kappa shape index (κ2) is 11.1. The minimum atomic E-state index is -0.384. The summed E-state index contributed by atoms with van der Waals surface area (Å²) in [6.07, 6.45) is 5.33. The van der Waals surface area contributed by atoms with E-state index in [9.17, 15) is 4.79 Å². The number of aromatic nitrogens is 4. The van der Waals surface area contributed by atoms with Gasteiger partial charge in [0.15, 0.2) is 0 Å². The Hall–Kier alpha value is -3.40. The van der Waals surface area contributed by atoms with Crippen LogP contribution in [-0.2, 0) is 0 Å². The Morgan fingerprint density at radius 3 is 2.62 bits per heavy atom. The molecule has 1 N–H and O–H groups in total. The molecule has 174 valence electrons. The van der Waals surface area contributed by atoms with E-state index < -0.39 is 0 Å². The van der Waals surface area contributed by atoms with Gasteiger partial charge in [0.2, 0.25) is 11.0 Å². The quantitative estimate of drug-likeness (QED) is 0.351. The van der Waals surface area contributed by atoms with E-state index in [-0.39, 0.29) is 22.9 Å². The van der Waals surface area contributed by atoms with Gasteiger partial charge in [-0.25, -0.2) is 4.98 Å². The van der Waals surface area contributed by atoms with Crippen LogP contribution >= 0.6 is 22.9 Å². The zero-order valence-corrected chi connectivity index (χ0v) is 20.3. The molecule has 0 saturated carbocycles. The molecule has 10 heteroatoms. The van der Waals surface area contributed by atoms with Gasteiger partial charge in [0.05, 0.1) is 5.56 Å². The van der Waals surface area contributed by atoms with Crippen LogP contribution in [0.5, 0.6) is 5.88 Å². The highest BCUT2D eigenvalue weighted by Gasteiger charge is 2.18. The van der Waals surface area contributed by atoms with Crippen molar-refractivity contribution >= 4 is 34.0 Å². The van der Waals surface area contributed by atoms with E-state index in [1.165, 1.54) is 23.6 Å². The van der Waals surface area contributed by atoms with E-state index in [2.05, 4.69) is 30.4 Å². The van der Waals surface area contributed by atoms with Crippen molar-refractivity contribution in [1.29, 1.82) is 0 Å². The number of benzene rings is 1. The van der Waals surface area contributed by atoms with Crippen molar-refractivity contribution in [3.8, 4) is 16.5 Å². The number of rotatable bonds is 9. The first kappa shape index (κ1) is 23.7. The van der Waals surface area contributed by atoms with Crippen LogP contribution in [-0.4, -0.2) is 51.6 Å². The van der Waals surface area contributed by atoms with E-state index in [0.29, 0.717) is 15.7 Å². The lowest BCUT2D eigenvalue weighted by molar-refractivity contribution is 0.102. The smallest absolute Gasteiger partial charge is 0.259 e. The summed E-state index contributed by atoms with van der Waals surface area (Å²) in [5, 5.41) is 12.2. The summed E-state index contributed by atoms with van der Waals surface area (Å²) in [6.45, 7) is 0.834. The van der Waals surface area contributed by atoms with Gasteiger partial charge in [0.1, 0.15) is 16.1 Å². The van der Waals surface area contributed by atoms with Gasteiger partial charge in [0, 0.05) is 37.1 Å². The summed E-state index contributed by atoms with van der Waals surface area (Å²) in [5.74, 6) is -0.104. The van der Waals surface area contributed by atoms with Crippen LogP contribution in [0, 0.1) is 0 Å². The van der Waals surface area contributed by atoms with Crippen molar-refractivity contribution in [3.05, 3.63) is 83.3 Å². The first-order chi connectivity index (χ1) is 16.5. The number of pyridine rings is 2. The Labute approximate surface area is 206 Å². The molecule has 0 aliphatic rings. The Kier molecular flexibility index (Phi) is 7.79. The van der Waals surface area contributed by atoms with E-state index in [4.69, 9.17) is 16.3 Å². The standard InChI is InChI=1S/C24H23ClN6O2S/c1-31(2)13-10-20(16-6-4-3-5-7-16)33-22-19(25)14-18(15-27-22)21(32)28-24-30-29-23(34-24)17-8-11-26-12-9-17/h3-9,11-12,14-15,20H,10,13H2,1-2H3,(H,28,30,32)/t20-/m0/s1. The summed E-state index contributed by atoms with van der Waals surface area (Å²) in [5.41, 5.74) is 2.20. The zero-order chi connectivity index (χ0) is 23.9. The summed E-state index contributed by atoms with van der Waals surface area (Å²) >= 11 is 7.71. The Bertz CT molecular complexity index is 1240. The van der Waals surface area contributed by atoms with Crippen molar-refractivity contribution in [2.45, 2.75) is 12.5 Å². The van der Waals surface area contributed by atoms with Crippen LogP contribution in [0.4, 0.5) is 5.13 Å². The normalized spacial score (nSPS) is 11.9. The molecule has 3 aromatic heterocycles. The molecule has 0 unspecified atom stereocenters. The molecule has 4 aromatic rings. The molecule has 1 atom stereocenters. The third kappa shape index (κ3) is 6.13. The number of hydrogen-bond acceptors (Lipinski definition) is 8. The summed E-state index contributed by atoms with van der Waals surface area (Å²) < 4.78 is 6.16. The number of carbonyl (C=O) groups excluding carboxylic acids is 1. The van der Waals surface area contributed by atoms with Gasteiger partial charge in [-0.1, -0.05) is 53.3 Å². The van der Waals surface area contributed by atoms with Crippen LogP contribution in [0.3, 0.4) is 0 Å². The van der Waals surface area contributed by atoms with Gasteiger partial charge in [-0.2, -0.15) is 0 Å². The van der Waals surface area contributed by atoms with Crippen LogP contribution in [0.25, 0.3) is 10.6 Å². The highest BCUT2D eigenvalue weighted by Crippen LogP contribution is 2.30. The molecule has 4 rings (SSSR count). The second-order valence-corrected chi connectivity index (χ2v) is 9.11. The minimum absolute atomic E-state index is 0.221. The number of nitrogens with zero attached hydrogens (tertiary/aromatic N) is 5. The molecule has 0 radical (unpaired) electrons. The van der Waals surface area contributed by atoms with E-state index in [1.54, 1.807) is 12.4 Å². The number of hydrogen-bond donors (Lipinski definition) is 1. The Morgan fingerprint density at radius 2 is 1.91 bits per heavy atom. The number of amides is 1. The number of halogens is 1. The first-order valence-electron chi connectivity index (χ1n) is 10.6. The average Bonchev–Trinajstić information content (AvgIpc) is 3.32. The lowest BCUT2D eigenvalue weighted by atomic mass is 10.1. The van der Waals surface area contributed by atoms with Crippen LogP contribution in [0.2, 0.25) is 5.02 Å². The number of nitrogens with one attached hydrogen (secondary N) is 1. The SMILES string of the molecule is CN(C)CC[C@H](Oc1ncc(C(=O)Nc2nnc(-c3ccncc3)s2)cc1Cl)c1ccccc1. The maximum atomic E-state index is 12.7. The minimum Gasteiger partial charge on any atom is -0.468 e. The van der Waals surface area contributed by atoms with Crippen molar-refractivity contribution in [1.82, 2.24) is 25.1 Å². The second-order valence-electron chi connectivity index (χ2n) is 7.72. The third-order valence-corrected chi connectivity index (χ3v) is 6.06. The van der Waals surface area contributed by atoms with E-state index in [0.717, 1.165) is 24.1 Å². The molecule has 0 spiro atoms. The Balaban J connectivity index is 1.45. The van der Waals surface area contributed by atoms with Crippen molar-refractivity contribution in [2.75, 3.05) is 26.0 Å². The van der Waals surface area contributed by atoms with Crippen molar-refractivity contribution < 1.29 is 9.53 Å². The van der Waals surface area contributed by atoms with Crippen molar-refractivity contribution in [3.63, 3.8) is 0 Å². The maximum absolute atomic E-state index is 12.7. The van der Waals surface area contributed by atoms with Crippen LogP contribution in [0.1, 0.15) is 28.4 Å². The molecule has 0 saturated heterocycles. The van der Waals surface area contributed by atoms with Gasteiger partial charge in [-0.3, -0.25) is 15.1 Å². The third-order valence-electron chi connectivity index (χ3n) is 4.91. The lowest BCUT2D eigenvalue weighted by Gasteiger charge is -2.21. The van der Waals surface area contributed by atoms with Gasteiger partial charge in [-0.05, 0) is 37.9 Å². The molecule has 0 bridgehead atoms. The molecule has 0 aliphatic heterocycles. The summed E-state index contributed by atoms with van der Waals surface area (Å²) in [7, 11) is 4.03.